The van der Waals surface area contributed by atoms with E-state index in [1.54, 1.807) is 0 Å². The Kier molecular flexibility index (Phi) is 14.9. The highest BCUT2D eigenvalue weighted by atomic mass is 16.6. The van der Waals surface area contributed by atoms with Crippen molar-refractivity contribution in [3.05, 3.63) is 10.1 Å². The lowest BCUT2D eigenvalue weighted by atomic mass is 9.60. The highest BCUT2D eigenvalue weighted by Gasteiger charge is 2.46. The fraction of sp³-hybridized carbons (Fsp3) is 0.907. The summed E-state index contributed by atoms with van der Waals surface area (Å²) in [5.41, 5.74) is 0.234. The molecule has 57 heavy (non-hydrogen) atoms. The van der Waals surface area contributed by atoms with Crippen molar-refractivity contribution >= 4 is 23.9 Å². The molecule has 14 heteroatoms. The second kappa shape index (κ2) is 19.5. The van der Waals surface area contributed by atoms with Gasteiger partial charge < -0.3 is 34.3 Å². The van der Waals surface area contributed by atoms with Crippen LogP contribution in [0.15, 0.2) is 0 Å². The van der Waals surface area contributed by atoms with Crippen LogP contribution in [0.3, 0.4) is 0 Å². The van der Waals surface area contributed by atoms with E-state index in [0.717, 1.165) is 89.9 Å². The Morgan fingerprint density at radius 2 is 0.860 bits per heavy atom. The molecule has 6 atom stereocenters. The standard InChI is InChI=1S/C43H67NO13/c1-43(2,26-5-11-30(12-6-26)55-32-15-19-34(20-16-32)57-42(51)36-22-8-28(45)24-38(36)40(48)49)25-3-9-29(10-4-25)54-31-13-17-33(18-14-31)56-41(50)35-21-7-27(44(52)53)23-37(35)39(46)47/h25-38,45H,3-24H2,1-2H3,(H,46,47)(H,48,49). The second-order valence-electron chi connectivity index (χ2n) is 19.0. The van der Waals surface area contributed by atoms with Crippen molar-refractivity contribution in [2.45, 2.75) is 204 Å². The lowest BCUT2D eigenvalue weighted by molar-refractivity contribution is -0.528. The van der Waals surface area contributed by atoms with Crippen LogP contribution in [0.2, 0.25) is 0 Å². The molecule has 0 spiro atoms. The van der Waals surface area contributed by atoms with Gasteiger partial charge in [-0.2, -0.15) is 0 Å². The van der Waals surface area contributed by atoms with Crippen molar-refractivity contribution in [1.29, 1.82) is 0 Å². The molecule has 6 fully saturated rings. The highest BCUT2D eigenvalue weighted by Crippen LogP contribution is 2.49. The first-order chi connectivity index (χ1) is 27.2. The minimum Gasteiger partial charge on any atom is -0.481 e. The fourth-order valence-electron chi connectivity index (χ4n) is 11.4. The van der Waals surface area contributed by atoms with E-state index < -0.39 is 64.6 Å². The van der Waals surface area contributed by atoms with E-state index in [0.29, 0.717) is 37.5 Å². The van der Waals surface area contributed by atoms with Crippen LogP contribution in [0.5, 0.6) is 0 Å². The van der Waals surface area contributed by atoms with Crippen molar-refractivity contribution < 1.29 is 58.4 Å². The first-order valence-corrected chi connectivity index (χ1v) is 22.2. The molecule has 0 aromatic carbocycles. The molecule has 3 N–H and O–H groups in total. The predicted molar refractivity (Wildman–Crippen MR) is 205 cm³/mol. The van der Waals surface area contributed by atoms with Crippen LogP contribution >= 0.6 is 0 Å². The number of aliphatic hydroxyl groups excluding tert-OH is 1. The van der Waals surface area contributed by atoms with Gasteiger partial charge in [0, 0.05) is 17.8 Å². The smallest absolute Gasteiger partial charge is 0.310 e. The number of esters is 2. The van der Waals surface area contributed by atoms with Gasteiger partial charge in [0.05, 0.1) is 54.2 Å². The van der Waals surface area contributed by atoms with Crippen LogP contribution < -0.4 is 0 Å². The monoisotopic (exact) mass is 805 g/mol. The van der Waals surface area contributed by atoms with Crippen molar-refractivity contribution in [3.8, 4) is 0 Å². The number of aliphatic hydroxyl groups is 1. The Morgan fingerprint density at radius 1 is 0.509 bits per heavy atom. The first kappa shape index (κ1) is 43.7. The number of carboxylic acids is 2. The number of rotatable bonds is 13. The minimum absolute atomic E-state index is 0.0979. The number of carbonyl (C=O) groups is 4. The number of ether oxygens (including phenoxy) is 4. The molecule has 6 unspecified atom stereocenters. The van der Waals surface area contributed by atoms with E-state index in [-0.39, 0.29) is 67.7 Å². The Labute approximate surface area is 336 Å². The number of aliphatic carboxylic acids is 2. The SMILES string of the molecule is CC(C)(C1CCC(OC2CCC(OC(=O)C3CCC(O)CC3C(=O)O)CC2)CC1)C1CCC(OC2CCC(OC(=O)C3CCC([N+](=O)[O-])CC3C(=O)O)CC2)CC1. The molecule has 14 nitrogen and oxygen atoms in total. The quantitative estimate of drug-likeness (QED) is 0.0986. The molecule has 0 aromatic rings. The molecular weight excluding hydrogens is 738 g/mol. The Hall–Kier alpha value is -2.84. The average Bonchev–Trinajstić information content (AvgIpc) is 3.19. The minimum atomic E-state index is -1.18. The fourth-order valence-corrected chi connectivity index (χ4v) is 11.4. The Bertz CT molecular complexity index is 1390. The normalized spacial score (nSPS) is 39.4. The molecule has 0 radical (unpaired) electrons. The van der Waals surface area contributed by atoms with Gasteiger partial charge in [-0.3, -0.25) is 29.3 Å². The number of hydrogen-bond donors (Lipinski definition) is 3. The molecule has 0 saturated heterocycles. The molecule has 0 aliphatic heterocycles. The molecular formula is C43H67NO13. The van der Waals surface area contributed by atoms with Crippen LogP contribution in [0.25, 0.3) is 0 Å². The van der Waals surface area contributed by atoms with Crippen molar-refractivity contribution in [3.63, 3.8) is 0 Å². The average molecular weight is 806 g/mol. The predicted octanol–water partition coefficient (Wildman–Crippen LogP) is 6.88. The van der Waals surface area contributed by atoms with Gasteiger partial charge in [-0.25, -0.2) is 0 Å². The Morgan fingerprint density at radius 3 is 1.25 bits per heavy atom. The summed E-state index contributed by atoms with van der Waals surface area (Å²) >= 11 is 0. The third kappa shape index (κ3) is 11.3. The van der Waals surface area contributed by atoms with Crippen LogP contribution in [0.1, 0.15) is 155 Å². The van der Waals surface area contributed by atoms with Crippen LogP contribution in [-0.4, -0.2) is 92.9 Å². The molecule has 6 saturated carbocycles. The highest BCUT2D eigenvalue weighted by molar-refractivity contribution is 5.82. The maximum Gasteiger partial charge on any atom is 0.310 e. The topological polar surface area (TPSA) is 209 Å². The zero-order chi connectivity index (χ0) is 40.9. The zero-order valence-corrected chi connectivity index (χ0v) is 34.0. The summed E-state index contributed by atoms with van der Waals surface area (Å²) in [4.78, 5) is 60.1. The lowest BCUT2D eigenvalue weighted by Gasteiger charge is -2.47. The largest absolute Gasteiger partial charge is 0.481 e. The first-order valence-electron chi connectivity index (χ1n) is 22.2. The summed E-state index contributed by atoms with van der Waals surface area (Å²) in [7, 11) is 0. The maximum atomic E-state index is 13.0. The summed E-state index contributed by atoms with van der Waals surface area (Å²) in [5, 5.41) is 40.3. The van der Waals surface area contributed by atoms with Gasteiger partial charge in [0.25, 0.3) is 0 Å². The molecule has 0 amide bonds. The molecule has 6 aliphatic rings. The van der Waals surface area contributed by atoms with E-state index in [9.17, 15) is 44.6 Å². The summed E-state index contributed by atoms with van der Waals surface area (Å²) < 4.78 is 24.8. The van der Waals surface area contributed by atoms with Gasteiger partial charge in [0.15, 0.2) is 0 Å². The van der Waals surface area contributed by atoms with Crippen molar-refractivity contribution in [2.75, 3.05) is 0 Å². The van der Waals surface area contributed by atoms with Crippen molar-refractivity contribution in [2.24, 2.45) is 40.9 Å². The molecule has 0 aromatic heterocycles. The second-order valence-corrected chi connectivity index (χ2v) is 19.0. The zero-order valence-electron chi connectivity index (χ0n) is 34.0. The van der Waals surface area contributed by atoms with Gasteiger partial charge >= 0.3 is 23.9 Å². The number of hydrogen-bond acceptors (Lipinski definition) is 11. The van der Waals surface area contributed by atoms with Gasteiger partial charge in [0.2, 0.25) is 6.04 Å². The Balaban J connectivity index is 0.845. The van der Waals surface area contributed by atoms with Gasteiger partial charge in [0.1, 0.15) is 12.2 Å². The summed E-state index contributed by atoms with van der Waals surface area (Å²) in [5.74, 6) is -5.39. The van der Waals surface area contributed by atoms with Crippen molar-refractivity contribution in [1.82, 2.24) is 0 Å². The van der Waals surface area contributed by atoms with E-state index in [4.69, 9.17) is 18.9 Å². The maximum absolute atomic E-state index is 13.0. The third-order valence-corrected chi connectivity index (χ3v) is 15.2. The van der Waals surface area contributed by atoms with Crippen LogP contribution in [0, 0.1) is 51.0 Å². The summed E-state index contributed by atoms with van der Waals surface area (Å²) in [6.07, 6.45) is 15.6. The van der Waals surface area contributed by atoms with E-state index in [1.807, 2.05) is 0 Å². The molecule has 322 valence electrons. The number of carbonyl (C=O) groups excluding carboxylic acids is 2. The third-order valence-electron chi connectivity index (χ3n) is 15.2. The molecule has 6 rings (SSSR count). The van der Waals surface area contributed by atoms with E-state index in [2.05, 4.69) is 13.8 Å². The van der Waals surface area contributed by atoms with Crippen LogP contribution in [-0.2, 0) is 38.1 Å². The van der Waals surface area contributed by atoms with Gasteiger partial charge in [-0.05, 0) is 146 Å². The molecule has 0 heterocycles. The van der Waals surface area contributed by atoms with Gasteiger partial charge in [-0.15, -0.1) is 0 Å². The lowest BCUT2D eigenvalue weighted by Crippen LogP contribution is -2.42. The summed E-state index contributed by atoms with van der Waals surface area (Å²) in [6.45, 7) is 4.91. The molecule has 6 aliphatic carbocycles. The molecule has 0 bridgehead atoms. The number of nitro groups is 1. The van der Waals surface area contributed by atoms with Gasteiger partial charge in [-0.1, -0.05) is 13.8 Å². The number of carboxylic acid groups (broad SMARTS) is 2. The van der Waals surface area contributed by atoms with E-state index >= 15 is 0 Å². The number of nitrogens with zero attached hydrogens (tertiary/aromatic N) is 1. The van der Waals surface area contributed by atoms with Crippen LogP contribution in [0.4, 0.5) is 0 Å². The van der Waals surface area contributed by atoms with E-state index in [1.165, 1.54) is 0 Å². The summed E-state index contributed by atoms with van der Waals surface area (Å²) in [6, 6.07) is -0.930.